The molecule has 38 heavy (non-hydrogen) atoms. The lowest BCUT2D eigenvalue weighted by Crippen LogP contribution is -2.22. The molecule has 0 radical (unpaired) electrons. The minimum absolute atomic E-state index is 0.00710. The molecule has 1 N–H and O–H groups in total. The van der Waals surface area contributed by atoms with Gasteiger partial charge in [0.05, 0.1) is 47.5 Å². The summed E-state index contributed by atoms with van der Waals surface area (Å²) in [7, 11) is 0. The van der Waals surface area contributed by atoms with E-state index >= 15 is 0 Å². The van der Waals surface area contributed by atoms with Gasteiger partial charge in [-0.2, -0.15) is 33.7 Å². The molecule has 5 rings (SSSR count). The van der Waals surface area contributed by atoms with E-state index in [0.717, 1.165) is 12.1 Å². The summed E-state index contributed by atoms with van der Waals surface area (Å²) in [5.41, 5.74) is 0.383. The van der Waals surface area contributed by atoms with Crippen LogP contribution in [0.4, 0.5) is 22.0 Å². The first kappa shape index (κ1) is 24.8. The maximum Gasteiger partial charge on any atom is 0.417 e. The number of aromatic nitrogens is 4. The van der Waals surface area contributed by atoms with Crippen molar-refractivity contribution in [3.63, 3.8) is 0 Å². The third-order valence-electron chi connectivity index (χ3n) is 5.64. The molecule has 0 spiro atoms. The first-order valence-electron chi connectivity index (χ1n) is 11.1. The zero-order valence-electron chi connectivity index (χ0n) is 19.3. The molecule has 3 heterocycles. The number of nitrogens with zero attached hydrogens (tertiary/aromatic N) is 6. The number of imidazole rings is 1. The second-order valence-corrected chi connectivity index (χ2v) is 8.18. The lowest BCUT2D eigenvalue weighted by atomic mass is 10.0. The normalized spacial score (nSPS) is 12.8. The number of nitriles is 1. The number of nitrogens with one attached hydrogen (secondary N) is 1. The van der Waals surface area contributed by atoms with Crippen LogP contribution < -0.4 is 4.74 Å². The van der Waals surface area contributed by atoms with Crippen molar-refractivity contribution >= 4 is 6.21 Å². The topological polar surface area (TPSA) is 103 Å². The highest BCUT2D eigenvalue weighted by Crippen LogP contribution is 2.38. The number of ether oxygens (including phenoxy) is 1. The number of hydrazone groups is 1. The zero-order valence-corrected chi connectivity index (χ0v) is 19.3. The molecule has 0 unspecified atom stereocenters. The van der Waals surface area contributed by atoms with E-state index in [1.54, 1.807) is 11.1 Å². The maximum atomic E-state index is 14.2. The highest BCUT2D eigenvalue weighted by Gasteiger charge is 2.34. The fraction of sp³-hybridized carbons (Fsp3) is 0.160. The molecular formula is C25H16F5N7O. The van der Waals surface area contributed by atoms with Crippen LogP contribution in [0.3, 0.4) is 0 Å². The average molecular weight is 525 g/mol. The van der Waals surface area contributed by atoms with Gasteiger partial charge in [-0.25, -0.2) is 13.8 Å². The van der Waals surface area contributed by atoms with E-state index in [-0.39, 0.29) is 48.1 Å². The Morgan fingerprint density at radius 1 is 1.05 bits per heavy atom. The Bertz CT molecular complexity index is 1560. The van der Waals surface area contributed by atoms with Crippen molar-refractivity contribution < 1.29 is 26.7 Å². The third kappa shape index (κ3) is 5.01. The molecule has 13 heteroatoms. The van der Waals surface area contributed by atoms with Gasteiger partial charge in [0.25, 0.3) is 0 Å². The predicted molar refractivity (Wildman–Crippen MR) is 124 cm³/mol. The number of hydrogen-bond donors (Lipinski definition) is 1. The standard InChI is InChI=1S/C25H16F5N7O/c26-19-3-1-2-17(23(19)27)24-33-21-11-32-37(13-22(21)34-24)12-14-4-7-20(36-35-14)16-6-5-15(38-9-8-31)10-18(16)25(28,29)30/h1-7,10-11H,9,12-13H2,(H,33,34). The Labute approximate surface area is 212 Å². The molecular weight excluding hydrogens is 509 g/mol. The first-order chi connectivity index (χ1) is 18.2. The number of aromatic amines is 1. The van der Waals surface area contributed by atoms with Crippen molar-refractivity contribution in [2.45, 2.75) is 19.3 Å². The largest absolute Gasteiger partial charge is 0.479 e. The lowest BCUT2D eigenvalue weighted by molar-refractivity contribution is -0.137. The summed E-state index contributed by atoms with van der Waals surface area (Å²) in [4.78, 5) is 7.26. The number of benzene rings is 2. The van der Waals surface area contributed by atoms with Crippen molar-refractivity contribution in [3.05, 3.63) is 82.8 Å². The molecule has 1 aliphatic heterocycles. The Morgan fingerprint density at radius 2 is 1.89 bits per heavy atom. The van der Waals surface area contributed by atoms with Gasteiger partial charge in [0, 0.05) is 5.56 Å². The van der Waals surface area contributed by atoms with Crippen LogP contribution in [0.1, 0.15) is 22.6 Å². The maximum absolute atomic E-state index is 14.2. The van der Waals surface area contributed by atoms with Crippen molar-refractivity contribution in [2.24, 2.45) is 5.10 Å². The molecule has 8 nitrogen and oxygen atoms in total. The second-order valence-electron chi connectivity index (χ2n) is 8.18. The van der Waals surface area contributed by atoms with Gasteiger partial charge >= 0.3 is 6.18 Å². The Balaban J connectivity index is 1.32. The number of fused-ring (bicyclic) bond motifs is 1. The highest BCUT2D eigenvalue weighted by atomic mass is 19.4. The summed E-state index contributed by atoms with van der Waals surface area (Å²) in [6.07, 6.45) is -3.22. The average Bonchev–Trinajstić information content (AvgIpc) is 3.32. The molecule has 192 valence electrons. The van der Waals surface area contributed by atoms with E-state index < -0.39 is 23.4 Å². The Kier molecular flexibility index (Phi) is 6.46. The minimum Gasteiger partial charge on any atom is -0.479 e. The number of halogens is 5. The van der Waals surface area contributed by atoms with E-state index in [0.29, 0.717) is 17.1 Å². The van der Waals surface area contributed by atoms with Gasteiger partial charge < -0.3 is 9.72 Å². The van der Waals surface area contributed by atoms with Crippen LogP contribution in [0, 0.1) is 23.0 Å². The number of rotatable bonds is 6. The summed E-state index contributed by atoms with van der Waals surface area (Å²) in [5, 5.41) is 22.5. The van der Waals surface area contributed by atoms with Crippen LogP contribution in [0.25, 0.3) is 22.6 Å². The summed E-state index contributed by atoms with van der Waals surface area (Å²) in [6.45, 7) is 0.0493. The van der Waals surface area contributed by atoms with Crippen molar-refractivity contribution in [2.75, 3.05) is 6.61 Å². The van der Waals surface area contributed by atoms with Gasteiger partial charge in [-0.05, 0) is 42.5 Å². The summed E-state index contributed by atoms with van der Waals surface area (Å²) >= 11 is 0. The van der Waals surface area contributed by atoms with Crippen LogP contribution in [0.15, 0.2) is 53.6 Å². The van der Waals surface area contributed by atoms with Crippen molar-refractivity contribution in [1.82, 2.24) is 25.2 Å². The third-order valence-corrected chi connectivity index (χ3v) is 5.64. The fourth-order valence-electron chi connectivity index (χ4n) is 3.88. The van der Waals surface area contributed by atoms with E-state index in [1.807, 2.05) is 0 Å². The molecule has 2 aromatic carbocycles. The van der Waals surface area contributed by atoms with Crippen LogP contribution in [-0.2, 0) is 19.3 Å². The van der Waals surface area contributed by atoms with E-state index in [2.05, 4.69) is 25.3 Å². The summed E-state index contributed by atoms with van der Waals surface area (Å²) in [6, 6.07) is 11.8. The molecule has 0 aliphatic carbocycles. The molecule has 0 fully saturated rings. The molecule has 0 atom stereocenters. The predicted octanol–water partition coefficient (Wildman–Crippen LogP) is 5.08. The highest BCUT2D eigenvalue weighted by molar-refractivity contribution is 5.80. The first-order valence-corrected chi connectivity index (χ1v) is 11.1. The van der Waals surface area contributed by atoms with Gasteiger partial charge in [-0.1, -0.05) is 6.07 Å². The van der Waals surface area contributed by atoms with E-state index in [9.17, 15) is 22.0 Å². The quantitative estimate of drug-likeness (QED) is 0.352. The van der Waals surface area contributed by atoms with Crippen molar-refractivity contribution in [3.8, 4) is 34.5 Å². The van der Waals surface area contributed by atoms with Crippen LogP contribution in [0.5, 0.6) is 5.75 Å². The van der Waals surface area contributed by atoms with Gasteiger partial charge in [-0.15, -0.1) is 0 Å². The molecule has 2 aromatic heterocycles. The summed E-state index contributed by atoms with van der Waals surface area (Å²) in [5.74, 6) is -1.92. The van der Waals surface area contributed by atoms with Gasteiger partial charge in [0.1, 0.15) is 23.3 Å². The van der Waals surface area contributed by atoms with E-state index in [4.69, 9.17) is 10.00 Å². The number of H-pyrrole nitrogens is 1. The number of alkyl halides is 3. The molecule has 0 amide bonds. The fourth-order valence-corrected chi connectivity index (χ4v) is 3.88. The van der Waals surface area contributed by atoms with Gasteiger partial charge in [0.2, 0.25) is 0 Å². The Morgan fingerprint density at radius 3 is 2.63 bits per heavy atom. The zero-order chi connectivity index (χ0) is 26.9. The minimum atomic E-state index is -4.68. The van der Waals surface area contributed by atoms with Crippen LogP contribution in [-0.4, -0.2) is 38.0 Å². The molecule has 0 saturated carbocycles. The van der Waals surface area contributed by atoms with E-state index in [1.165, 1.54) is 42.6 Å². The number of hydrogen-bond acceptors (Lipinski definition) is 7. The Hall–Kier alpha value is -4.86. The van der Waals surface area contributed by atoms with Crippen molar-refractivity contribution in [1.29, 1.82) is 5.26 Å². The van der Waals surface area contributed by atoms with Crippen LogP contribution in [0.2, 0.25) is 0 Å². The second kappa shape index (κ2) is 9.89. The molecule has 0 bridgehead atoms. The SMILES string of the molecule is N#CCOc1ccc(-c2ccc(CN3Cc4[nH]c(-c5cccc(F)c5F)nc4C=N3)nn2)c(C(F)(F)F)c1. The smallest absolute Gasteiger partial charge is 0.417 e. The summed E-state index contributed by atoms with van der Waals surface area (Å²) < 4.78 is 73.7. The van der Waals surface area contributed by atoms with Gasteiger partial charge in [-0.3, -0.25) is 5.01 Å². The molecule has 0 saturated heterocycles. The monoisotopic (exact) mass is 525 g/mol. The van der Waals surface area contributed by atoms with Gasteiger partial charge in [0.15, 0.2) is 18.2 Å². The lowest BCUT2D eigenvalue weighted by Gasteiger charge is -2.21. The molecule has 1 aliphatic rings. The molecule has 4 aromatic rings. The van der Waals surface area contributed by atoms with Crippen LogP contribution >= 0.6 is 0 Å².